The van der Waals surface area contributed by atoms with Gasteiger partial charge in [0.05, 0.1) is 11.7 Å². The number of ether oxygens (including phenoxy) is 1. The zero-order chi connectivity index (χ0) is 9.56. The molecule has 0 aliphatic heterocycles. The standard InChI is InChI=1S/C9H14O3/c1-4-5-7(2)9(11)12-6-8(3)10/h4-5,8,10H,2,6H2,1,3H3. The van der Waals surface area contributed by atoms with E-state index in [0.29, 0.717) is 0 Å². The van der Waals surface area contributed by atoms with Crippen molar-refractivity contribution in [1.29, 1.82) is 0 Å². The molecular formula is C9H14O3. The lowest BCUT2D eigenvalue weighted by Crippen LogP contribution is -2.15. The van der Waals surface area contributed by atoms with Gasteiger partial charge in [-0.25, -0.2) is 4.79 Å². The summed E-state index contributed by atoms with van der Waals surface area (Å²) in [5.41, 5.74) is 0.290. The van der Waals surface area contributed by atoms with E-state index in [2.05, 4.69) is 11.3 Å². The summed E-state index contributed by atoms with van der Waals surface area (Å²) < 4.78 is 4.68. The number of allylic oxidation sites excluding steroid dienone is 1. The molecule has 0 bridgehead atoms. The molecule has 1 N–H and O–H groups in total. The van der Waals surface area contributed by atoms with Crippen molar-refractivity contribution in [2.24, 2.45) is 0 Å². The highest BCUT2D eigenvalue weighted by atomic mass is 16.5. The van der Waals surface area contributed by atoms with Gasteiger partial charge < -0.3 is 9.84 Å². The number of hydrogen-bond donors (Lipinski definition) is 1. The fraction of sp³-hybridized carbons (Fsp3) is 0.444. The molecule has 0 aliphatic carbocycles. The second-order valence-corrected chi connectivity index (χ2v) is 2.47. The van der Waals surface area contributed by atoms with Crippen molar-refractivity contribution in [1.82, 2.24) is 0 Å². The van der Waals surface area contributed by atoms with Crippen molar-refractivity contribution < 1.29 is 14.6 Å². The van der Waals surface area contributed by atoms with Crippen LogP contribution < -0.4 is 0 Å². The monoisotopic (exact) mass is 170 g/mol. The highest BCUT2D eigenvalue weighted by Gasteiger charge is 2.05. The Morgan fingerprint density at radius 2 is 2.33 bits per heavy atom. The quantitative estimate of drug-likeness (QED) is 0.389. The fourth-order valence-electron chi connectivity index (χ4n) is 0.558. The van der Waals surface area contributed by atoms with Crippen LogP contribution in [-0.2, 0) is 9.53 Å². The smallest absolute Gasteiger partial charge is 0.337 e. The Labute approximate surface area is 72.3 Å². The fourth-order valence-corrected chi connectivity index (χ4v) is 0.558. The Balaban J connectivity index is 3.80. The third-order valence-electron chi connectivity index (χ3n) is 1.09. The number of esters is 1. The summed E-state index contributed by atoms with van der Waals surface area (Å²) in [5.74, 6) is -0.492. The van der Waals surface area contributed by atoms with Gasteiger partial charge in [0.15, 0.2) is 0 Å². The van der Waals surface area contributed by atoms with Crippen molar-refractivity contribution in [2.45, 2.75) is 20.0 Å². The molecule has 68 valence electrons. The molecule has 0 aromatic carbocycles. The lowest BCUT2D eigenvalue weighted by molar-refractivity contribution is -0.141. The van der Waals surface area contributed by atoms with E-state index in [-0.39, 0.29) is 12.2 Å². The third-order valence-corrected chi connectivity index (χ3v) is 1.09. The molecule has 0 fully saturated rings. The van der Waals surface area contributed by atoms with Crippen molar-refractivity contribution in [2.75, 3.05) is 6.61 Å². The van der Waals surface area contributed by atoms with E-state index in [0.717, 1.165) is 0 Å². The van der Waals surface area contributed by atoms with Crippen LogP contribution in [0.3, 0.4) is 0 Å². The molecule has 12 heavy (non-hydrogen) atoms. The lowest BCUT2D eigenvalue weighted by atomic mass is 10.3. The maximum absolute atomic E-state index is 11.0. The molecule has 3 nitrogen and oxygen atoms in total. The van der Waals surface area contributed by atoms with Crippen molar-refractivity contribution in [3.63, 3.8) is 0 Å². The first-order chi connectivity index (χ1) is 5.57. The van der Waals surface area contributed by atoms with Crippen LogP contribution in [0.1, 0.15) is 13.8 Å². The molecule has 0 amide bonds. The van der Waals surface area contributed by atoms with Crippen molar-refractivity contribution in [3.05, 3.63) is 24.3 Å². The molecule has 1 atom stereocenters. The Morgan fingerprint density at radius 1 is 1.75 bits per heavy atom. The second-order valence-electron chi connectivity index (χ2n) is 2.47. The molecule has 1 unspecified atom stereocenters. The SMILES string of the molecule is C=C(C=CC)C(=O)OCC(C)O. The van der Waals surface area contributed by atoms with Gasteiger partial charge in [0, 0.05) is 0 Å². The van der Waals surface area contributed by atoms with Gasteiger partial charge in [-0.3, -0.25) is 0 Å². The van der Waals surface area contributed by atoms with Crippen LogP contribution in [0.15, 0.2) is 24.3 Å². The Hall–Kier alpha value is -1.09. The minimum Gasteiger partial charge on any atom is -0.459 e. The van der Waals surface area contributed by atoms with E-state index >= 15 is 0 Å². The molecule has 0 rings (SSSR count). The third kappa shape index (κ3) is 4.68. The average Bonchev–Trinajstić information content (AvgIpc) is 2.00. The van der Waals surface area contributed by atoms with Crippen molar-refractivity contribution in [3.8, 4) is 0 Å². The Kier molecular flexibility index (Phi) is 5.04. The molecule has 0 aromatic heterocycles. The molecular weight excluding hydrogens is 156 g/mol. The van der Waals surface area contributed by atoms with Gasteiger partial charge >= 0.3 is 5.97 Å². The number of hydrogen-bond acceptors (Lipinski definition) is 3. The molecule has 0 saturated carbocycles. The normalized spacial score (nSPS) is 12.9. The van der Waals surface area contributed by atoms with E-state index < -0.39 is 12.1 Å². The van der Waals surface area contributed by atoms with Crippen LogP contribution in [0.25, 0.3) is 0 Å². The summed E-state index contributed by atoms with van der Waals surface area (Å²) in [6.45, 7) is 6.82. The van der Waals surface area contributed by atoms with Crippen LogP contribution in [0.5, 0.6) is 0 Å². The molecule has 0 radical (unpaired) electrons. The zero-order valence-electron chi connectivity index (χ0n) is 7.41. The molecule has 0 spiro atoms. The molecule has 0 aliphatic rings. The number of rotatable bonds is 4. The Morgan fingerprint density at radius 3 is 2.75 bits per heavy atom. The summed E-state index contributed by atoms with van der Waals surface area (Å²) >= 11 is 0. The van der Waals surface area contributed by atoms with Crippen LogP contribution in [0, 0.1) is 0 Å². The predicted molar refractivity (Wildman–Crippen MR) is 46.6 cm³/mol. The lowest BCUT2D eigenvalue weighted by Gasteiger charge is -2.05. The summed E-state index contributed by atoms with van der Waals surface area (Å²) in [6, 6.07) is 0. The maximum Gasteiger partial charge on any atom is 0.337 e. The Bertz CT molecular complexity index is 192. The van der Waals surface area contributed by atoms with Gasteiger partial charge in [0.2, 0.25) is 0 Å². The van der Waals surface area contributed by atoms with E-state index in [9.17, 15) is 4.79 Å². The average molecular weight is 170 g/mol. The van der Waals surface area contributed by atoms with Gasteiger partial charge in [-0.05, 0) is 13.8 Å². The molecule has 0 saturated heterocycles. The van der Waals surface area contributed by atoms with Gasteiger partial charge in [0.1, 0.15) is 6.61 Å². The first-order valence-corrected chi connectivity index (χ1v) is 3.74. The van der Waals surface area contributed by atoms with Crippen LogP contribution >= 0.6 is 0 Å². The topological polar surface area (TPSA) is 46.5 Å². The number of carbonyl (C=O) groups excluding carboxylic acids is 1. The first kappa shape index (κ1) is 10.9. The van der Waals surface area contributed by atoms with Crippen LogP contribution in [0.4, 0.5) is 0 Å². The van der Waals surface area contributed by atoms with Gasteiger partial charge in [-0.15, -0.1) is 0 Å². The maximum atomic E-state index is 11.0. The highest BCUT2D eigenvalue weighted by molar-refractivity contribution is 5.90. The van der Waals surface area contributed by atoms with E-state index in [4.69, 9.17) is 5.11 Å². The van der Waals surface area contributed by atoms with Gasteiger partial charge in [0.25, 0.3) is 0 Å². The minimum absolute atomic E-state index is 0.00933. The second kappa shape index (κ2) is 5.55. The van der Waals surface area contributed by atoms with E-state index in [1.165, 1.54) is 0 Å². The predicted octanol–water partition coefficient (Wildman–Crippen LogP) is 1.04. The molecule has 0 aromatic rings. The van der Waals surface area contributed by atoms with Crippen molar-refractivity contribution >= 4 is 5.97 Å². The largest absolute Gasteiger partial charge is 0.459 e. The number of aliphatic hydroxyl groups is 1. The van der Waals surface area contributed by atoms with Gasteiger partial charge in [-0.2, -0.15) is 0 Å². The van der Waals surface area contributed by atoms with Crippen LogP contribution in [0.2, 0.25) is 0 Å². The number of carbonyl (C=O) groups is 1. The summed E-state index contributed by atoms with van der Waals surface area (Å²) in [6.07, 6.45) is 2.63. The summed E-state index contributed by atoms with van der Waals surface area (Å²) in [4.78, 5) is 11.0. The molecule has 3 heteroatoms. The summed E-state index contributed by atoms with van der Waals surface area (Å²) in [5, 5.41) is 8.79. The molecule has 0 heterocycles. The highest BCUT2D eigenvalue weighted by Crippen LogP contribution is 1.97. The summed E-state index contributed by atoms with van der Waals surface area (Å²) in [7, 11) is 0. The zero-order valence-corrected chi connectivity index (χ0v) is 7.41. The van der Waals surface area contributed by atoms with E-state index in [1.54, 1.807) is 26.0 Å². The number of aliphatic hydroxyl groups excluding tert-OH is 1. The minimum atomic E-state index is -0.632. The van der Waals surface area contributed by atoms with E-state index in [1.807, 2.05) is 0 Å². The first-order valence-electron chi connectivity index (χ1n) is 3.74. The van der Waals surface area contributed by atoms with Gasteiger partial charge in [-0.1, -0.05) is 18.7 Å². The van der Waals surface area contributed by atoms with Crippen LogP contribution in [-0.4, -0.2) is 23.8 Å².